The molecular weight excluding hydrogens is 244 g/mol. The molecule has 0 heterocycles. The van der Waals surface area contributed by atoms with Crippen LogP contribution in [-0.4, -0.2) is 11.0 Å². The molecule has 0 saturated heterocycles. The third-order valence-corrected chi connectivity index (χ3v) is 3.55. The van der Waals surface area contributed by atoms with Crippen LogP contribution < -0.4 is 4.74 Å². The number of hydrogen-bond donors (Lipinski definition) is 0. The fourth-order valence-corrected chi connectivity index (χ4v) is 2.38. The van der Waals surface area contributed by atoms with Gasteiger partial charge in [-0.2, -0.15) is 5.26 Å². The molecule has 5 nitrogen and oxygen atoms in total. The normalized spacial score (nSPS) is 22.5. The van der Waals surface area contributed by atoms with E-state index in [1.54, 1.807) is 6.07 Å². The van der Waals surface area contributed by atoms with Crippen molar-refractivity contribution in [3.05, 3.63) is 33.9 Å². The summed E-state index contributed by atoms with van der Waals surface area (Å²) in [7, 11) is 0. The lowest BCUT2D eigenvalue weighted by Crippen LogP contribution is -2.23. The van der Waals surface area contributed by atoms with Gasteiger partial charge >= 0.3 is 0 Å². The zero-order chi connectivity index (χ0) is 13.8. The first-order valence-electron chi connectivity index (χ1n) is 6.45. The first kappa shape index (κ1) is 13.3. The maximum Gasteiger partial charge on any atom is 0.287 e. The predicted molar refractivity (Wildman–Crippen MR) is 69.9 cm³/mol. The molecule has 1 fully saturated rings. The van der Waals surface area contributed by atoms with Crippen LogP contribution in [0.1, 0.15) is 38.2 Å². The lowest BCUT2D eigenvalue weighted by Gasteiger charge is -2.26. The number of hydrogen-bond acceptors (Lipinski definition) is 4. The fraction of sp³-hybridized carbons (Fsp3) is 0.500. The fourth-order valence-electron chi connectivity index (χ4n) is 2.38. The highest BCUT2D eigenvalue weighted by Crippen LogP contribution is 2.29. The zero-order valence-corrected chi connectivity index (χ0v) is 10.8. The number of ether oxygens (including phenoxy) is 1. The Hall–Kier alpha value is -2.09. The average Bonchev–Trinajstić information content (AvgIpc) is 2.41. The van der Waals surface area contributed by atoms with Gasteiger partial charge in [0.05, 0.1) is 11.0 Å². The summed E-state index contributed by atoms with van der Waals surface area (Å²) in [5.41, 5.74) is -0.126. The molecule has 1 aliphatic carbocycles. The number of benzene rings is 1. The predicted octanol–water partition coefficient (Wildman–Crippen LogP) is 3.42. The van der Waals surface area contributed by atoms with Gasteiger partial charge in [0.15, 0.2) is 0 Å². The van der Waals surface area contributed by atoms with Gasteiger partial charge in [-0.3, -0.25) is 10.1 Å². The highest BCUT2D eigenvalue weighted by molar-refractivity contribution is 5.52. The first-order chi connectivity index (χ1) is 9.10. The summed E-state index contributed by atoms with van der Waals surface area (Å²) in [5, 5.41) is 19.7. The molecule has 1 aliphatic rings. The van der Waals surface area contributed by atoms with Gasteiger partial charge in [-0.25, -0.2) is 0 Å². The van der Waals surface area contributed by atoms with Crippen LogP contribution in [0.3, 0.4) is 0 Å². The lowest BCUT2D eigenvalue weighted by molar-refractivity contribution is -0.385. The van der Waals surface area contributed by atoms with Crippen molar-refractivity contribution in [2.45, 2.75) is 38.7 Å². The van der Waals surface area contributed by atoms with Crippen LogP contribution in [0.4, 0.5) is 5.69 Å². The van der Waals surface area contributed by atoms with E-state index in [2.05, 4.69) is 6.92 Å². The minimum Gasteiger partial charge on any atom is -0.490 e. The summed E-state index contributed by atoms with van der Waals surface area (Å²) in [6.07, 6.45) is 4.44. The highest BCUT2D eigenvalue weighted by Gasteiger charge is 2.21. The number of rotatable bonds is 3. The Morgan fingerprint density at radius 1 is 1.37 bits per heavy atom. The Balaban J connectivity index is 2.09. The van der Waals surface area contributed by atoms with Gasteiger partial charge in [-0.05, 0) is 37.7 Å². The van der Waals surface area contributed by atoms with Gasteiger partial charge in [0.1, 0.15) is 17.4 Å². The molecule has 0 N–H and O–H groups in total. The van der Waals surface area contributed by atoms with Crippen LogP contribution in [0, 0.1) is 27.4 Å². The van der Waals surface area contributed by atoms with E-state index in [0.29, 0.717) is 5.75 Å². The molecule has 0 spiro atoms. The molecule has 2 rings (SSSR count). The summed E-state index contributed by atoms with van der Waals surface area (Å²) >= 11 is 0. The Morgan fingerprint density at radius 2 is 2.05 bits per heavy atom. The molecule has 0 radical (unpaired) electrons. The minimum absolute atomic E-state index is 0.0478. The zero-order valence-electron chi connectivity index (χ0n) is 10.8. The van der Waals surface area contributed by atoms with Gasteiger partial charge in [0.2, 0.25) is 0 Å². The van der Waals surface area contributed by atoms with Crippen LogP contribution in [0.5, 0.6) is 5.75 Å². The van der Waals surface area contributed by atoms with Crippen LogP contribution >= 0.6 is 0 Å². The number of nitro groups is 1. The van der Waals surface area contributed by atoms with Crippen molar-refractivity contribution in [3.63, 3.8) is 0 Å². The maximum atomic E-state index is 10.7. The van der Waals surface area contributed by atoms with Crippen LogP contribution in [0.2, 0.25) is 0 Å². The van der Waals surface area contributed by atoms with E-state index in [-0.39, 0.29) is 17.4 Å². The standard InChI is InChI=1S/C14H16N2O3/c1-10-2-4-12(5-3-10)19-13-6-7-14(16(17)18)11(8-13)9-15/h6-8,10,12H,2-5H2,1H3. The van der Waals surface area contributed by atoms with E-state index in [1.165, 1.54) is 12.1 Å². The van der Waals surface area contributed by atoms with E-state index in [1.807, 2.05) is 6.07 Å². The van der Waals surface area contributed by atoms with E-state index in [4.69, 9.17) is 10.00 Å². The smallest absolute Gasteiger partial charge is 0.287 e. The number of nitro benzene ring substituents is 1. The molecule has 1 saturated carbocycles. The molecule has 19 heavy (non-hydrogen) atoms. The van der Waals surface area contributed by atoms with E-state index in [9.17, 15) is 10.1 Å². The third-order valence-electron chi connectivity index (χ3n) is 3.55. The summed E-state index contributed by atoms with van der Waals surface area (Å²) in [6, 6.07) is 6.19. The second kappa shape index (κ2) is 5.70. The average molecular weight is 260 g/mol. The Kier molecular flexibility index (Phi) is 4.00. The van der Waals surface area contributed by atoms with E-state index >= 15 is 0 Å². The number of nitriles is 1. The largest absolute Gasteiger partial charge is 0.490 e. The van der Waals surface area contributed by atoms with Gasteiger partial charge in [-0.1, -0.05) is 6.92 Å². The lowest BCUT2D eigenvalue weighted by atomic mass is 9.89. The van der Waals surface area contributed by atoms with Crippen molar-refractivity contribution in [1.29, 1.82) is 5.26 Å². The van der Waals surface area contributed by atoms with Gasteiger partial charge < -0.3 is 4.74 Å². The van der Waals surface area contributed by atoms with Crippen LogP contribution in [0.25, 0.3) is 0 Å². The molecule has 0 aliphatic heterocycles. The quantitative estimate of drug-likeness (QED) is 0.616. The molecule has 0 bridgehead atoms. The molecule has 5 heteroatoms. The Labute approximate surface area is 112 Å². The summed E-state index contributed by atoms with van der Waals surface area (Å²) in [4.78, 5) is 10.2. The van der Waals surface area contributed by atoms with Crippen molar-refractivity contribution in [2.24, 2.45) is 5.92 Å². The van der Waals surface area contributed by atoms with Gasteiger partial charge in [-0.15, -0.1) is 0 Å². The molecule has 1 aromatic rings. The second-order valence-corrected chi connectivity index (χ2v) is 5.05. The molecule has 100 valence electrons. The molecule has 1 aromatic carbocycles. The summed E-state index contributed by atoms with van der Waals surface area (Å²) < 4.78 is 5.81. The number of nitrogens with zero attached hydrogens (tertiary/aromatic N) is 2. The van der Waals surface area contributed by atoms with E-state index < -0.39 is 4.92 Å². The van der Waals surface area contributed by atoms with E-state index in [0.717, 1.165) is 31.6 Å². The SMILES string of the molecule is CC1CCC(Oc2ccc([N+](=O)[O-])c(C#N)c2)CC1. The molecule has 0 atom stereocenters. The van der Waals surface area contributed by atoms with Crippen molar-refractivity contribution < 1.29 is 9.66 Å². The van der Waals surface area contributed by atoms with Crippen molar-refractivity contribution in [1.82, 2.24) is 0 Å². The third kappa shape index (κ3) is 3.22. The summed E-state index contributed by atoms with van der Waals surface area (Å²) in [5.74, 6) is 1.29. The minimum atomic E-state index is -0.551. The Morgan fingerprint density at radius 3 is 2.63 bits per heavy atom. The molecule has 0 unspecified atom stereocenters. The first-order valence-corrected chi connectivity index (χ1v) is 6.45. The van der Waals surface area contributed by atoms with Crippen LogP contribution in [0.15, 0.2) is 18.2 Å². The van der Waals surface area contributed by atoms with Crippen LogP contribution in [-0.2, 0) is 0 Å². The molecule has 0 aromatic heterocycles. The van der Waals surface area contributed by atoms with Crippen molar-refractivity contribution >= 4 is 5.69 Å². The van der Waals surface area contributed by atoms with Crippen molar-refractivity contribution in [2.75, 3.05) is 0 Å². The summed E-state index contributed by atoms with van der Waals surface area (Å²) in [6.45, 7) is 2.23. The van der Waals surface area contributed by atoms with Gasteiger partial charge in [0.25, 0.3) is 5.69 Å². The molecule has 0 amide bonds. The Bertz CT molecular complexity index is 514. The molecular formula is C14H16N2O3. The highest BCUT2D eigenvalue weighted by atomic mass is 16.6. The monoisotopic (exact) mass is 260 g/mol. The topological polar surface area (TPSA) is 76.2 Å². The van der Waals surface area contributed by atoms with Crippen molar-refractivity contribution in [3.8, 4) is 11.8 Å². The maximum absolute atomic E-state index is 10.7. The van der Waals surface area contributed by atoms with Gasteiger partial charge in [0, 0.05) is 12.1 Å². The second-order valence-electron chi connectivity index (χ2n) is 5.05.